The third-order valence-corrected chi connectivity index (χ3v) is 6.46. The molecular weight excluding hydrogens is 374 g/mol. The fraction of sp³-hybridized carbons (Fsp3) is 0.571. The second-order valence-electron chi connectivity index (χ2n) is 8.08. The number of aliphatic hydroxyl groups is 1. The summed E-state index contributed by atoms with van der Waals surface area (Å²) < 4.78 is 5.04. The molecule has 8 heteroatoms. The molecule has 3 amide bonds. The van der Waals surface area contributed by atoms with Crippen LogP contribution >= 0.6 is 0 Å². The average molecular weight is 401 g/mol. The summed E-state index contributed by atoms with van der Waals surface area (Å²) in [4.78, 5) is 41.0. The predicted octanol–water partition coefficient (Wildman–Crippen LogP) is 0.387. The van der Waals surface area contributed by atoms with Crippen LogP contribution in [0.4, 0.5) is 5.69 Å². The lowest BCUT2D eigenvalue weighted by atomic mass is 9.76. The molecule has 0 aromatic heterocycles. The molecule has 3 aliphatic heterocycles. The maximum absolute atomic E-state index is 13.4. The number of imide groups is 1. The van der Waals surface area contributed by atoms with Crippen molar-refractivity contribution in [3.8, 4) is 0 Å². The van der Waals surface area contributed by atoms with Crippen LogP contribution < -0.4 is 10.6 Å². The number of ether oxygens (including phenoxy) is 1. The lowest BCUT2D eigenvalue weighted by Crippen LogP contribution is -2.54. The fourth-order valence-corrected chi connectivity index (χ4v) is 5.06. The maximum atomic E-state index is 13.4. The van der Waals surface area contributed by atoms with Crippen LogP contribution in [-0.2, 0) is 31.1 Å². The highest BCUT2D eigenvalue weighted by Gasteiger charge is 2.70. The normalized spacial score (nSPS) is 31.4. The molecule has 156 valence electrons. The van der Waals surface area contributed by atoms with Crippen molar-refractivity contribution >= 4 is 23.4 Å². The topological polar surface area (TPSA) is 108 Å². The summed E-state index contributed by atoms with van der Waals surface area (Å²) in [6.07, 6.45) is 0.404. The quantitative estimate of drug-likeness (QED) is 0.470. The van der Waals surface area contributed by atoms with Gasteiger partial charge in [0.25, 0.3) is 0 Å². The number of rotatable bonds is 6. The van der Waals surface area contributed by atoms with Gasteiger partial charge in [0.15, 0.2) is 0 Å². The zero-order valence-electron chi connectivity index (χ0n) is 16.9. The van der Waals surface area contributed by atoms with Gasteiger partial charge in [0, 0.05) is 37.6 Å². The zero-order valence-corrected chi connectivity index (χ0v) is 16.9. The summed E-state index contributed by atoms with van der Waals surface area (Å²) in [5.74, 6) is -2.72. The van der Waals surface area contributed by atoms with Gasteiger partial charge in [0.2, 0.25) is 17.7 Å². The molecule has 3 aliphatic rings. The molecular formula is C21H27N3O5. The SMILES string of the molecule is CCc1ccc2c(c1)[C@@]1(N[C@@H]([C@H](C)O)[C@H]3C(=O)N(CCCOC)C(=O)[C@H]31)C(=O)N2. The minimum Gasteiger partial charge on any atom is -0.392 e. The standard InChI is InChI=1S/C21H27N3O5/c1-4-12-6-7-14-13(10-12)21(20(28)22-14)16-15(17(23-21)11(2)25)18(26)24(19(16)27)8-5-9-29-3/h6-7,10-11,15-17,23,25H,4-5,8-9H2,1-3H3,(H,22,28)/t11-,15-,16-,17-,21-/m0/s1. The Labute approximate surface area is 169 Å². The second kappa shape index (κ2) is 7.19. The number of aryl methyl sites for hydroxylation is 1. The van der Waals surface area contributed by atoms with E-state index in [4.69, 9.17) is 4.74 Å². The van der Waals surface area contributed by atoms with E-state index in [2.05, 4.69) is 10.6 Å². The summed E-state index contributed by atoms with van der Waals surface area (Å²) in [6, 6.07) is 5.01. The first-order valence-corrected chi connectivity index (χ1v) is 10.1. The van der Waals surface area contributed by atoms with Crippen LogP contribution in [0.3, 0.4) is 0 Å². The smallest absolute Gasteiger partial charge is 0.250 e. The summed E-state index contributed by atoms with van der Waals surface area (Å²) in [6.45, 7) is 4.27. The van der Waals surface area contributed by atoms with Gasteiger partial charge in [-0.25, -0.2) is 0 Å². The number of carbonyl (C=O) groups is 3. The Kier molecular flexibility index (Phi) is 4.96. The monoisotopic (exact) mass is 401 g/mol. The van der Waals surface area contributed by atoms with Crippen molar-refractivity contribution in [2.75, 3.05) is 25.6 Å². The third-order valence-electron chi connectivity index (χ3n) is 6.46. The van der Waals surface area contributed by atoms with Crippen LogP contribution in [0.15, 0.2) is 18.2 Å². The van der Waals surface area contributed by atoms with Gasteiger partial charge in [-0.3, -0.25) is 24.6 Å². The fourth-order valence-electron chi connectivity index (χ4n) is 5.06. The Morgan fingerprint density at radius 3 is 2.69 bits per heavy atom. The number of benzene rings is 1. The van der Waals surface area contributed by atoms with Crippen LogP contribution in [0.5, 0.6) is 0 Å². The van der Waals surface area contributed by atoms with Gasteiger partial charge in [0.05, 0.1) is 17.9 Å². The van der Waals surface area contributed by atoms with Crippen molar-refractivity contribution in [2.24, 2.45) is 11.8 Å². The van der Waals surface area contributed by atoms with E-state index < -0.39 is 29.5 Å². The molecule has 29 heavy (non-hydrogen) atoms. The summed E-state index contributed by atoms with van der Waals surface area (Å²) in [5, 5.41) is 16.5. The Balaban J connectivity index is 1.81. The molecule has 3 heterocycles. The molecule has 0 bridgehead atoms. The molecule has 0 aliphatic carbocycles. The number of hydrogen-bond acceptors (Lipinski definition) is 6. The van der Waals surface area contributed by atoms with Gasteiger partial charge in [0.1, 0.15) is 5.54 Å². The van der Waals surface area contributed by atoms with E-state index in [1.807, 2.05) is 25.1 Å². The van der Waals surface area contributed by atoms with Crippen LogP contribution in [0.1, 0.15) is 31.4 Å². The Bertz CT molecular complexity index is 870. The molecule has 5 atom stereocenters. The van der Waals surface area contributed by atoms with E-state index in [0.29, 0.717) is 24.3 Å². The number of nitrogens with one attached hydrogen (secondary N) is 2. The molecule has 8 nitrogen and oxygen atoms in total. The van der Waals surface area contributed by atoms with Crippen LogP contribution in [0, 0.1) is 11.8 Å². The van der Waals surface area contributed by atoms with E-state index in [9.17, 15) is 19.5 Å². The molecule has 1 aromatic rings. The van der Waals surface area contributed by atoms with Crippen LogP contribution in [-0.4, -0.2) is 60.1 Å². The summed E-state index contributed by atoms with van der Waals surface area (Å²) >= 11 is 0. The lowest BCUT2D eigenvalue weighted by Gasteiger charge is -2.30. The summed E-state index contributed by atoms with van der Waals surface area (Å²) in [5.41, 5.74) is 1.00. The van der Waals surface area contributed by atoms with E-state index >= 15 is 0 Å². The van der Waals surface area contributed by atoms with Gasteiger partial charge >= 0.3 is 0 Å². The predicted molar refractivity (Wildman–Crippen MR) is 105 cm³/mol. The molecule has 1 aromatic carbocycles. The van der Waals surface area contributed by atoms with Crippen LogP contribution in [0.25, 0.3) is 0 Å². The molecule has 4 rings (SSSR count). The number of fused-ring (bicyclic) bond motifs is 4. The number of hydrogen-bond donors (Lipinski definition) is 3. The van der Waals surface area contributed by atoms with Crippen molar-refractivity contribution < 1.29 is 24.2 Å². The Morgan fingerprint density at radius 1 is 1.28 bits per heavy atom. The molecule has 1 spiro atoms. The number of aliphatic hydroxyl groups excluding tert-OH is 1. The minimum atomic E-state index is -1.35. The minimum absolute atomic E-state index is 0.241. The molecule has 0 unspecified atom stereocenters. The number of carbonyl (C=O) groups excluding carboxylic acids is 3. The highest BCUT2D eigenvalue weighted by atomic mass is 16.5. The molecule has 0 radical (unpaired) electrons. The lowest BCUT2D eigenvalue weighted by molar-refractivity contribution is -0.143. The Hall–Kier alpha value is -2.29. The first kappa shape index (κ1) is 20.0. The van der Waals surface area contributed by atoms with Crippen molar-refractivity contribution in [2.45, 2.75) is 44.4 Å². The molecule has 3 N–H and O–H groups in total. The zero-order chi connectivity index (χ0) is 20.9. The van der Waals surface area contributed by atoms with E-state index in [1.165, 1.54) is 4.90 Å². The third kappa shape index (κ3) is 2.73. The first-order chi connectivity index (χ1) is 13.9. The summed E-state index contributed by atoms with van der Waals surface area (Å²) in [7, 11) is 1.57. The van der Waals surface area contributed by atoms with Gasteiger partial charge in [-0.1, -0.05) is 19.1 Å². The van der Waals surface area contributed by atoms with Crippen molar-refractivity contribution in [3.05, 3.63) is 29.3 Å². The van der Waals surface area contributed by atoms with Gasteiger partial charge < -0.3 is 15.2 Å². The van der Waals surface area contributed by atoms with E-state index in [1.54, 1.807) is 14.0 Å². The molecule has 2 fully saturated rings. The second-order valence-corrected chi connectivity index (χ2v) is 8.08. The molecule has 2 saturated heterocycles. The average Bonchev–Trinajstić information content (AvgIpc) is 3.28. The van der Waals surface area contributed by atoms with E-state index in [0.717, 1.165) is 12.0 Å². The van der Waals surface area contributed by atoms with E-state index in [-0.39, 0.29) is 24.3 Å². The van der Waals surface area contributed by atoms with Crippen molar-refractivity contribution in [3.63, 3.8) is 0 Å². The number of methoxy groups -OCH3 is 1. The highest BCUT2D eigenvalue weighted by Crippen LogP contribution is 2.53. The first-order valence-electron chi connectivity index (χ1n) is 10.1. The van der Waals surface area contributed by atoms with Crippen LogP contribution in [0.2, 0.25) is 0 Å². The Morgan fingerprint density at radius 2 is 2.03 bits per heavy atom. The maximum Gasteiger partial charge on any atom is 0.250 e. The highest BCUT2D eigenvalue weighted by molar-refractivity contribution is 6.15. The number of nitrogens with zero attached hydrogens (tertiary/aromatic N) is 1. The van der Waals surface area contributed by atoms with Gasteiger partial charge in [-0.2, -0.15) is 0 Å². The number of likely N-dealkylation sites (tertiary alicyclic amines) is 1. The van der Waals surface area contributed by atoms with Gasteiger partial charge in [-0.05, 0) is 31.4 Å². The van der Waals surface area contributed by atoms with Crippen molar-refractivity contribution in [1.29, 1.82) is 0 Å². The van der Waals surface area contributed by atoms with Gasteiger partial charge in [-0.15, -0.1) is 0 Å². The largest absolute Gasteiger partial charge is 0.392 e. The molecule has 0 saturated carbocycles. The van der Waals surface area contributed by atoms with Crippen molar-refractivity contribution in [1.82, 2.24) is 10.2 Å². The number of anilines is 1. The number of amides is 3.